The number of nitrogen functional groups attached to an aromatic ring is 1. The topological polar surface area (TPSA) is 46.3 Å². The van der Waals surface area contributed by atoms with Gasteiger partial charge in [0.15, 0.2) is 0 Å². The lowest BCUT2D eigenvalue weighted by Crippen LogP contribution is -2.29. The molecule has 2 aromatic carbocycles. The minimum Gasteiger partial charge on any atom is -0.397 e. The first-order chi connectivity index (χ1) is 9.50. The fourth-order valence-corrected chi connectivity index (χ4v) is 2.13. The van der Waals surface area contributed by atoms with E-state index in [0.29, 0.717) is 11.4 Å². The van der Waals surface area contributed by atoms with Crippen LogP contribution in [-0.4, -0.2) is 13.0 Å². The van der Waals surface area contributed by atoms with Gasteiger partial charge in [-0.3, -0.25) is 4.79 Å². The van der Waals surface area contributed by atoms with Crippen LogP contribution in [0.15, 0.2) is 42.5 Å². The zero-order chi connectivity index (χ0) is 14.7. The van der Waals surface area contributed by atoms with Crippen LogP contribution in [-0.2, 0) is 11.2 Å². The van der Waals surface area contributed by atoms with Crippen LogP contribution in [0.2, 0.25) is 5.02 Å². The Balaban J connectivity index is 2.23. The van der Waals surface area contributed by atoms with E-state index in [9.17, 15) is 9.18 Å². The lowest BCUT2D eigenvalue weighted by atomic mass is 10.1. The number of carbonyl (C=O) groups excluding carboxylic acids is 1. The van der Waals surface area contributed by atoms with Gasteiger partial charge in [-0.25, -0.2) is 4.39 Å². The molecule has 0 aliphatic rings. The molecule has 0 saturated carbocycles. The van der Waals surface area contributed by atoms with Crippen molar-refractivity contribution >= 4 is 28.9 Å². The minimum atomic E-state index is -0.486. The number of benzene rings is 2. The predicted molar refractivity (Wildman–Crippen MR) is 79.4 cm³/mol. The lowest BCUT2D eigenvalue weighted by Gasteiger charge is -2.19. The van der Waals surface area contributed by atoms with Gasteiger partial charge >= 0.3 is 0 Å². The summed E-state index contributed by atoms with van der Waals surface area (Å²) < 4.78 is 13.7. The number of hydrogen-bond donors (Lipinski definition) is 1. The first kappa shape index (κ1) is 14.3. The molecule has 1 amide bonds. The van der Waals surface area contributed by atoms with E-state index in [1.54, 1.807) is 37.4 Å². The van der Waals surface area contributed by atoms with Gasteiger partial charge < -0.3 is 10.6 Å². The Hall–Kier alpha value is -2.07. The smallest absolute Gasteiger partial charge is 0.231 e. The Morgan fingerprint density at radius 2 is 1.95 bits per heavy atom. The summed E-state index contributed by atoms with van der Waals surface area (Å²) in [5.74, 6) is -0.768. The molecule has 0 atom stereocenters. The summed E-state index contributed by atoms with van der Waals surface area (Å²) in [5, 5.41) is 0.243. The van der Waals surface area contributed by atoms with Crippen molar-refractivity contribution in [3.63, 3.8) is 0 Å². The molecule has 0 radical (unpaired) electrons. The average Bonchev–Trinajstić information content (AvgIpc) is 2.42. The summed E-state index contributed by atoms with van der Waals surface area (Å²) in [4.78, 5) is 13.6. The predicted octanol–water partition coefficient (Wildman–Crippen LogP) is 3.27. The number of hydrogen-bond acceptors (Lipinski definition) is 2. The van der Waals surface area contributed by atoms with Gasteiger partial charge in [0.1, 0.15) is 5.82 Å². The van der Waals surface area contributed by atoms with E-state index >= 15 is 0 Å². The van der Waals surface area contributed by atoms with Crippen molar-refractivity contribution in [2.24, 2.45) is 0 Å². The third kappa shape index (κ3) is 2.91. The van der Waals surface area contributed by atoms with Crippen LogP contribution < -0.4 is 10.6 Å². The van der Waals surface area contributed by atoms with E-state index < -0.39 is 5.82 Å². The van der Waals surface area contributed by atoms with Crippen LogP contribution >= 0.6 is 11.6 Å². The highest BCUT2D eigenvalue weighted by molar-refractivity contribution is 6.31. The van der Waals surface area contributed by atoms with Crippen LogP contribution in [0.3, 0.4) is 0 Å². The fraction of sp³-hybridized carbons (Fsp3) is 0.133. The van der Waals surface area contributed by atoms with E-state index in [1.165, 1.54) is 17.0 Å². The molecule has 0 aromatic heterocycles. The van der Waals surface area contributed by atoms with Gasteiger partial charge in [0, 0.05) is 17.6 Å². The molecule has 0 unspecified atom stereocenters. The summed E-state index contributed by atoms with van der Waals surface area (Å²) in [6.07, 6.45) is -0.115. The molecular formula is C15H14ClFN2O. The second-order valence-electron chi connectivity index (χ2n) is 4.39. The maximum Gasteiger partial charge on any atom is 0.231 e. The van der Waals surface area contributed by atoms with Gasteiger partial charge in [-0.1, -0.05) is 29.8 Å². The van der Waals surface area contributed by atoms with E-state index in [4.69, 9.17) is 17.3 Å². The number of likely N-dealkylation sites (N-methyl/N-ethyl adjacent to an activating group) is 1. The highest BCUT2D eigenvalue weighted by atomic mass is 35.5. The van der Waals surface area contributed by atoms with Crippen molar-refractivity contribution in [3.8, 4) is 0 Å². The van der Waals surface area contributed by atoms with Gasteiger partial charge in [0.2, 0.25) is 5.91 Å². The van der Waals surface area contributed by atoms with Crippen LogP contribution in [0.25, 0.3) is 0 Å². The molecule has 104 valence electrons. The summed E-state index contributed by atoms with van der Waals surface area (Å²) in [6, 6.07) is 11.3. The number of amides is 1. The largest absolute Gasteiger partial charge is 0.397 e. The molecule has 0 aliphatic heterocycles. The average molecular weight is 293 g/mol. The standard InChI is InChI=1S/C15H14ClFN2O/c1-19(14-8-3-2-7-13(14)18)15(20)9-10-11(16)5-4-6-12(10)17/h2-8H,9,18H2,1H3. The second-order valence-corrected chi connectivity index (χ2v) is 4.80. The molecule has 2 aromatic rings. The van der Waals surface area contributed by atoms with E-state index in [-0.39, 0.29) is 22.9 Å². The van der Waals surface area contributed by atoms with Gasteiger partial charge in [0.05, 0.1) is 17.8 Å². The number of anilines is 2. The molecule has 2 N–H and O–H groups in total. The molecule has 0 aliphatic carbocycles. The summed E-state index contributed by atoms with van der Waals surface area (Å²) in [6.45, 7) is 0. The number of halogens is 2. The van der Waals surface area contributed by atoms with Crippen molar-refractivity contribution in [2.75, 3.05) is 17.7 Å². The third-order valence-corrected chi connectivity index (χ3v) is 3.42. The molecule has 5 heteroatoms. The fourth-order valence-electron chi connectivity index (χ4n) is 1.90. The quantitative estimate of drug-likeness (QED) is 0.883. The molecule has 0 saturated heterocycles. The Labute approximate surface area is 121 Å². The number of rotatable bonds is 3. The zero-order valence-electron chi connectivity index (χ0n) is 10.9. The van der Waals surface area contributed by atoms with Crippen LogP contribution in [0, 0.1) is 5.82 Å². The van der Waals surface area contributed by atoms with Crippen LogP contribution in [0.4, 0.5) is 15.8 Å². The molecular weight excluding hydrogens is 279 g/mol. The van der Waals surface area contributed by atoms with Crippen molar-refractivity contribution in [3.05, 3.63) is 58.9 Å². The summed E-state index contributed by atoms with van der Waals surface area (Å²) in [7, 11) is 1.60. The number of nitrogens with zero attached hydrogens (tertiary/aromatic N) is 1. The normalized spacial score (nSPS) is 10.3. The molecule has 0 heterocycles. The molecule has 0 spiro atoms. The monoisotopic (exact) mass is 292 g/mol. The zero-order valence-corrected chi connectivity index (χ0v) is 11.7. The van der Waals surface area contributed by atoms with Gasteiger partial charge in [-0.2, -0.15) is 0 Å². The summed E-state index contributed by atoms with van der Waals surface area (Å²) >= 11 is 5.92. The van der Waals surface area contributed by atoms with Crippen LogP contribution in [0.1, 0.15) is 5.56 Å². The molecule has 20 heavy (non-hydrogen) atoms. The molecule has 3 nitrogen and oxygen atoms in total. The van der Waals surface area contributed by atoms with E-state index in [2.05, 4.69) is 0 Å². The van der Waals surface area contributed by atoms with Gasteiger partial charge in [-0.05, 0) is 24.3 Å². The van der Waals surface area contributed by atoms with E-state index in [1.807, 2.05) is 0 Å². The highest BCUT2D eigenvalue weighted by Gasteiger charge is 2.17. The molecule has 0 fully saturated rings. The maximum atomic E-state index is 13.7. The third-order valence-electron chi connectivity index (χ3n) is 3.06. The van der Waals surface area contributed by atoms with E-state index in [0.717, 1.165) is 0 Å². The van der Waals surface area contributed by atoms with Crippen molar-refractivity contribution in [1.29, 1.82) is 0 Å². The van der Waals surface area contributed by atoms with Crippen molar-refractivity contribution < 1.29 is 9.18 Å². The molecule has 0 bridgehead atoms. The SMILES string of the molecule is CN(C(=O)Cc1c(F)cccc1Cl)c1ccccc1N. The summed E-state index contributed by atoms with van der Waals surface area (Å²) in [5.41, 5.74) is 7.09. The van der Waals surface area contributed by atoms with Crippen molar-refractivity contribution in [2.45, 2.75) is 6.42 Å². The highest BCUT2D eigenvalue weighted by Crippen LogP contribution is 2.24. The Morgan fingerprint density at radius 3 is 2.60 bits per heavy atom. The second kappa shape index (κ2) is 5.92. The van der Waals surface area contributed by atoms with Gasteiger partial charge in [0.25, 0.3) is 0 Å². The maximum absolute atomic E-state index is 13.7. The Morgan fingerprint density at radius 1 is 1.25 bits per heavy atom. The molecule has 2 rings (SSSR count). The first-order valence-corrected chi connectivity index (χ1v) is 6.42. The minimum absolute atomic E-state index is 0.115. The van der Waals surface area contributed by atoms with Crippen molar-refractivity contribution in [1.82, 2.24) is 0 Å². The first-order valence-electron chi connectivity index (χ1n) is 6.04. The number of para-hydroxylation sites is 2. The van der Waals surface area contributed by atoms with Crippen LogP contribution in [0.5, 0.6) is 0 Å². The Kier molecular flexibility index (Phi) is 4.25. The Bertz CT molecular complexity index is 625. The van der Waals surface area contributed by atoms with Gasteiger partial charge in [-0.15, -0.1) is 0 Å². The number of carbonyl (C=O) groups is 1. The number of nitrogens with two attached hydrogens (primary N) is 1. The lowest BCUT2D eigenvalue weighted by molar-refractivity contribution is -0.117.